The molecule has 0 bridgehead atoms. The van der Waals surface area contributed by atoms with Crippen LogP contribution in [-0.2, 0) is 6.54 Å². The first-order valence-corrected chi connectivity index (χ1v) is 8.55. The van der Waals surface area contributed by atoms with Gasteiger partial charge in [0.1, 0.15) is 30.2 Å². The van der Waals surface area contributed by atoms with E-state index in [1.165, 1.54) is 5.56 Å². The topological polar surface area (TPSA) is 47.5 Å². The molecule has 118 valence electrons. The molecule has 3 heterocycles. The van der Waals surface area contributed by atoms with Crippen LogP contribution in [0.4, 0.5) is 5.82 Å². The molecule has 0 saturated carbocycles. The number of hydrogen-bond acceptors (Lipinski definition) is 6. The van der Waals surface area contributed by atoms with E-state index in [-0.39, 0.29) is 0 Å². The van der Waals surface area contributed by atoms with E-state index in [0.29, 0.717) is 13.2 Å². The van der Waals surface area contributed by atoms with Crippen molar-refractivity contribution >= 4 is 27.4 Å². The summed E-state index contributed by atoms with van der Waals surface area (Å²) in [7, 11) is 0. The van der Waals surface area contributed by atoms with Gasteiger partial charge >= 0.3 is 0 Å². The molecule has 0 amide bonds. The fourth-order valence-corrected chi connectivity index (χ4v) is 3.50. The van der Waals surface area contributed by atoms with E-state index in [4.69, 9.17) is 9.47 Å². The van der Waals surface area contributed by atoms with Crippen LogP contribution in [0.15, 0.2) is 36.0 Å². The van der Waals surface area contributed by atoms with Crippen molar-refractivity contribution in [3.63, 3.8) is 0 Å². The maximum absolute atomic E-state index is 5.68. The highest BCUT2D eigenvalue weighted by Crippen LogP contribution is 2.32. The van der Waals surface area contributed by atoms with Crippen LogP contribution < -0.4 is 14.4 Å². The molecule has 6 heteroatoms. The van der Waals surface area contributed by atoms with E-state index in [1.54, 1.807) is 17.7 Å². The Bertz CT molecular complexity index is 834. The molecule has 0 atom stereocenters. The number of hydrogen-bond donors (Lipinski definition) is 0. The molecule has 1 aliphatic rings. The van der Waals surface area contributed by atoms with Crippen LogP contribution in [-0.4, -0.2) is 29.7 Å². The zero-order valence-corrected chi connectivity index (χ0v) is 13.7. The van der Waals surface area contributed by atoms with Gasteiger partial charge in [0.05, 0.1) is 5.39 Å². The highest BCUT2D eigenvalue weighted by molar-refractivity contribution is 7.16. The van der Waals surface area contributed by atoms with Gasteiger partial charge in [0.2, 0.25) is 0 Å². The Kier molecular flexibility index (Phi) is 3.75. The zero-order valence-electron chi connectivity index (χ0n) is 12.9. The summed E-state index contributed by atoms with van der Waals surface area (Å²) in [4.78, 5) is 12.1. The van der Waals surface area contributed by atoms with Gasteiger partial charge in [-0.15, -0.1) is 11.3 Å². The van der Waals surface area contributed by atoms with E-state index in [2.05, 4.69) is 45.4 Å². The van der Waals surface area contributed by atoms with Crippen molar-refractivity contribution in [2.45, 2.75) is 13.5 Å². The van der Waals surface area contributed by atoms with Crippen LogP contribution in [0.3, 0.4) is 0 Å². The summed E-state index contributed by atoms with van der Waals surface area (Å²) in [5.41, 5.74) is 1.18. The average molecular weight is 327 g/mol. The Morgan fingerprint density at radius 3 is 2.87 bits per heavy atom. The van der Waals surface area contributed by atoms with Gasteiger partial charge < -0.3 is 14.4 Å². The second-order valence-electron chi connectivity index (χ2n) is 5.33. The summed E-state index contributed by atoms with van der Waals surface area (Å²) in [6.07, 6.45) is 1.64. The van der Waals surface area contributed by atoms with E-state index in [0.717, 1.165) is 40.6 Å². The van der Waals surface area contributed by atoms with Crippen molar-refractivity contribution in [1.82, 2.24) is 9.97 Å². The van der Waals surface area contributed by atoms with Crippen LogP contribution in [0.2, 0.25) is 0 Å². The second-order valence-corrected chi connectivity index (χ2v) is 6.22. The molecule has 0 saturated heterocycles. The molecule has 1 aromatic carbocycles. The first-order valence-electron chi connectivity index (χ1n) is 7.67. The molecule has 0 radical (unpaired) electrons. The lowest BCUT2D eigenvalue weighted by molar-refractivity contribution is 0.171. The van der Waals surface area contributed by atoms with E-state index in [9.17, 15) is 0 Å². The Morgan fingerprint density at radius 2 is 2.00 bits per heavy atom. The third-order valence-corrected chi connectivity index (χ3v) is 4.72. The summed E-state index contributed by atoms with van der Waals surface area (Å²) in [6.45, 7) is 5.00. The summed E-state index contributed by atoms with van der Waals surface area (Å²) in [5.74, 6) is 2.63. The maximum Gasteiger partial charge on any atom is 0.161 e. The monoisotopic (exact) mass is 327 g/mol. The molecular weight excluding hydrogens is 310 g/mol. The van der Waals surface area contributed by atoms with E-state index >= 15 is 0 Å². The lowest BCUT2D eigenvalue weighted by Crippen LogP contribution is -2.23. The van der Waals surface area contributed by atoms with Crippen LogP contribution >= 0.6 is 11.3 Å². The standard InChI is InChI=1S/C17H17N3O2S/c1-2-20(16-13-5-8-23-17(13)19-11-18-16)10-12-3-4-14-15(9-12)22-7-6-21-14/h3-5,8-9,11H,2,6-7,10H2,1H3. The number of ether oxygens (including phenoxy) is 2. The van der Waals surface area contributed by atoms with Crippen LogP contribution in [0.1, 0.15) is 12.5 Å². The van der Waals surface area contributed by atoms with Gasteiger partial charge in [0.25, 0.3) is 0 Å². The van der Waals surface area contributed by atoms with Gasteiger partial charge in [-0.1, -0.05) is 6.07 Å². The normalized spacial score (nSPS) is 13.3. The van der Waals surface area contributed by atoms with Crippen molar-refractivity contribution < 1.29 is 9.47 Å². The largest absolute Gasteiger partial charge is 0.486 e. The molecule has 4 rings (SSSR count). The Morgan fingerprint density at radius 1 is 1.13 bits per heavy atom. The summed E-state index contributed by atoms with van der Waals surface area (Å²) >= 11 is 1.64. The first kappa shape index (κ1) is 14.3. The average Bonchev–Trinajstić information content (AvgIpc) is 3.08. The number of nitrogens with zero attached hydrogens (tertiary/aromatic N) is 3. The van der Waals surface area contributed by atoms with Crippen molar-refractivity contribution in [1.29, 1.82) is 0 Å². The van der Waals surface area contributed by atoms with Gasteiger partial charge in [-0.2, -0.15) is 0 Å². The van der Waals surface area contributed by atoms with Crippen molar-refractivity contribution in [3.8, 4) is 11.5 Å². The smallest absolute Gasteiger partial charge is 0.161 e. The molecule has 0 N–H and O–H groups in total. The molecule has 3 aromatic rings. The van der Waals surface area contributed by atoms with Crippen LogP contribution in [0.25, 0.3) is 10.2 Å². The summed E-state index contributed by atoms with van der Waals surface area (Å²) < 4.78 is 11.3. The fourth-order valence-electron chi connectivity index (χ4n) is 2.77. The number of fused-ring (bicyclic) bond motifs is 2. The highest BCUT2D eigenvalue weighted by atomic mass is 32.1. The van der Waals surface area contributed by atoms with Gasteiger partial charge in [-0.05, 0) is 36.1 Å². The van der Waals surface area contributed by atoms with Crippen LogP contribution in [0.5, 0.6) is 11.5 Å². The molecule has 0 unspecified atom stereocenters. The molecule has 1 aliphatic heterocycles. The lowest BCUT2D eigenvalue weighted by atomic mass is 10.1. The summed E-state index contributed by atoms with van der Waals surface area (Å²) in [5, 5.41) is 3.16. The molecule has 0 aliphatic carbocycles. The maximum atomic E-state index is 5.68. The molecule has 5 nitrogen and oxygen atoms in total. The third-order valence-electron chi connectivity index (χ3n) is 3.90. The minimum atomic E-state index is 0.607. The number of benzene rings is 1. The third kappa shape index (κ3) is 2.70. The Labute approximate surface area is 138 Å². The number of aromatic nitrogens is 2. The first-order chi connectivity index (χ1) is 11.3. The van der Waals surface area contributed by atoms with Crippen LogP contribution in [0, 0.1) is 0 Å². The SMILES string of the molecule is CCN(Cc1ccc2c(c1)OCCO2)c1ncnc2sccc12. The zero-order chi connectivity index (χ0) is 15.6. The number of rotatable bonds is 4. The van der Waals surface area contributed by atoms with Gasteiger partial charge in [0, 0.05) is 13.1 Å². The molecule has 23 heavy (non-hydrogen) atoms. The van der Waals surface area contributed by atoms with E-state index in [1.807, 2.05) is 6.07 Å². The predicted octanol–water partition coefficient (Wildman–Crippen LogP) is 3.49. The number of anilines is 1. The quantitative estimate of drug-likeness (QED) is 0.734. The van der Waals surface area contributed by atoms with E-state index < -0.39 is 0 Å². The minimum Gasteiger partial charge on any atom is -0.486 e. The minimum absolute atomic E-state index is 0.607. The number of thiophene rings is 1. The molecule has 2 aromatic heterocycles. The molecule has 0 fully saturated rings. The van der Waals surface area contributed by atoms with Crippen molar-refractivity contribution in [2.24, 2.45) is 0 Å². The van der Waals surface area contributed by atoms with Gasteiger partial charge in [-0.3, -0.25) is 0 Å². The highest BCUT2D eigenvalue weighted by Gasteiger charge is 2.15. The van der Waals surface area contributed by atoms with Gasteiger partial charge in [0.15, 0.2) is 11.5 Å². The van der Waals surface area contributed by atoms with Crippen molar-refractivity contribution in [2.75, 3.05) is 24.7 Å². The second kappa shape index (κ2) is 6.04. The Hall–Kier alpha value is -2.34. The lowest BCUT2D eigenvalue weighted by Gasteiger charge is -2.24. The molecule has 0 spiro atoms. The Balaban J connectivity index is 1.64. The molecular formula is C17H17N3O2S. The van der Waals surface area contributed by atoms with Gasteiger partial charge in [-0.25, -0.2) is 9.97 Å². The van der Waals surface area contributed by atoms with Crippen molar-refractivity contribution in [3.05, 3.63) is 41.5 Å². The fraction of sp³-hybridized carbons (Fsp3) is 0.294. The predicted molar refractivity (Wildman–Crippen MR) is 91.6 cm³/mol. The summed E-state index contributed by atoms with van der Waals surface area (Å²) in [6, 6.07) is 8.21.